The molecule has 0 spiro atoms. The monoisotopic (exact) mass is 312 g/mol. The summed E-state index contributed by atoms with van der Waals surface area (Å²) >= 11 is 0. The van der Waals surface area contributed by atoms with Gasteiger partial charge in [0, 0.05) is 5.69 Å². The average Bonchev–Trinajstić information content (AvgIpc) is 2.54. The van der Waals surface area contributed by atoms with Crippen molar-refractivity contribution < 1.29 is 9.53 Å². The molecule has 2 aromatic carbocycles. The van der Waals surface area contributed by atoms with E-state index in [1.54, 1.807) is 0 Å². The number of amides is 2. The lowest BCUT2D eigenvalue weighted by molar-refractivity contribution is 0.0657. The number of urea groups is 1. The molecule has 2 rings (SSSR count). The van der Waals surface area contributed by atoms with Gasteiger partial charge in [-0.3, -0.25) is 0 Å². The summed E-state index contributed by atoms with van der Waals surface area (Å²) in [5.74, 6) is 0. The quantitative estimate of drug-likeness (QED) is 0.825. The number of anilines is 1. The summed E-state index contributed by atoms with van der Waals surface area (Å²) in [6, 6.07) is 17.3. The van der Waals surface area contributed by atoms with E-state index in [0.29, 0.717) is 6.61 Å². The Kier molecular flexibility index (Phi) is 6.18. The van der Waals surface area contributed by atoms with Gasteiger partial charge in [0.2, 0.25) is 0 Å². The van der Waals surface area contributed by atoms with Crippen molar-refractivity contribution in [1.29, 1.82) is 0 Å². The zero-order chi connectivity index (χ0) is 16.7. The smallest absolute Gasteiger partial charge is 0.319 e. The van der Waals surface area contributed by atoms with Crippen LogP contribution in [0, 0.1) is 0 Å². The van der Waals surface area contributed by atoms with E-state index < -0.39 is 0 Å². The third-order valence-electron chi connectivity index (χ3n) is 3.42. The molecule has 0 aliphatic carbocycles. The van der Waals surface area contributed by atoms with Crippen molar-refractivity contribution in [1.82, 2.24) is 5.32 Å². The van der Waals surface area contributed by atoms with E-state index in [9.17, 15) is 4.79 Å². The van der Waals surface area contributed by atoms with Crippen LogP contribution in [0.5, 0.6) is 0 Å². The minimum Gasteiger partial charge on any atom is -0.374 e. The predicted molar refractivity (Wildman–Crippen MR) is 93.4 cm³/mol. The van der Waals surface area contributed by atoms with Gasteiger partial charge in [-0.2, -0.15) is 0 Å². The van der Waals surface area contributed by atoms with Gasteiger partial charge in [-0.15, -0.1) is 0 Å². The van der Waals surface area contributed by atoms with Gasteiger partial charge in [0.05, 0.1) is 18.8 Å². The molecule has 0 aliphatic rings. The maximum Gasteiger partial charge on any atom is 0.319 e. The largest absolute Gasteiger partial charge is 0.374 e. The number of nitrogens with one attached hydrogen (secondary N) is 2. The number of benzene rings is 2. The van der Waals surface area contributed by atoms with Gasteiger partial charge in [0.15, 0.2) is 0 Å². The number of rotatable bonds is 6. The van der Waals surface area contributed by atoms with Crippen LogP contribution in [-0.2, 0) is 11.3 Å². The molecular formula is C19H24N2O2. The molecule has 122 valence electrons. The molecule has 2 amide bonds. The summed E-state index contributed by atoms with van der Waals surface area (Å²) < 4.78 is 5.58. The summed E-state index contributed by atoms with van der Waals surface area (Å²) in [6.07, 6.45) is 0.182. The highest BCUT2D eigenvalue weighted by atomic mass is 16.5. The van der Waals surface area contributed by atoms with Gasteiger partial charge in [-0.1, -0.05) is 42.5 Å². The Bertz CT molecular complexity index is 626. The van der Waals surface area contributed by atoms with Crippen LogP contribution in [0.15, 0.2) is 54.6 Å². The highest BCUT2D eigenvalue weighted by Gasteiger charge is 2.09. The Morgan fingerprint density at radius 3 is 2.48 bits per heavy atom. The van der Waals surface area contributed by atoms with Crippen molar-refractivity contribution in [2.75, 3.05) is 5.32 Å². The molecule has 1 atom stereocenters. The highest BCUT2D eigenvalue weighted by molar-refractivity contribution is 5.89. The summed E-state index contributed by atoms with van der Waals surface area (Å²) in [7, 11) is 0. The molecule has 0 aromatic heterocycles. The lowest BCUT2D eigenvalue weighted by Gasteiger charge is -2.15. The van der Waals surface area contributed by atoms with E-state index in [1.807, 2.05) is 75.4 Å². The van der Waals surface area contributed by atoms with E-state index in [-0.39, 0.29) is 18.2 Å². The lowest BCUT2D eigenvalue weighted by Crippen LogP contribution is -2.31. The maximum atomic E-state index is 12.1. The number of carbonyl (C=O) groups is 1. The van der Waals surface area contributed by atoms with Gasteiger partial charge >= 0.3 is 6.03 Å². The van der Waals surface area contributed by atoms with Crippen LogP contribution < -0.4 is 10.6 Å². The molecule has 23 heavy (non-hydrogen) atoms. The zero-order valence-electron chi connectivity index (χ0n) is 13.9. The van der Waals surface area contributed by atoms with Crippen molar-refractivity contribution in [3.8, 4) is 0 Å². The molecular weight excluding hydrogens is 288 g/mol. The predicted octanol–water partition coefficient (Wildman–Crippen LogP) is 4.49. The first-order valence-corrected chi connectivity index (χ1v) is 7.87. The third-order valence-corrected chi connectivity index (χ3v) is 3.42. The summed E-state index contributed by atoms with van der Waals surface area (Å²) in [5.41, 5.74) is 2.86. The second-order valence-corrected chi connectivity index (χ2v) is 5.79. The molecule has 0 radical (unpaired) electrons. The molecule has 2 aromatic rings. The summed E-state index contributed by atoms with van der Waals surface area (Å²) in [5, 5.41) is 5.80. The molecule has 0 bridgehead atoms. The van der Waals surface area contributed by atoms with Crippen molar-refractivity contribution in [2.24, 2.45) is 0 Å². The Hall–Kier alpha value is -2.33. The first-order chi connectivity index (χ1) is 11.0. The topological polar surface area (TPSA) is 50.4 Å². The SMILES string of the molecule is CC(C)OCc1cccc(NC(=O)NC(C)c2ccccc2)c1. The van der Waals surface area contributed by atoms with Crippen LogP contribution in [0.3, 0.4) is 0 Å². The molecule has 0 aliphatic heterocycles. The van der Waals surface area contributed by atoms with Gasteiger partial charge < -0.3 is 15.4 Å². The van der Waals surface area contributed by atoms with Gasteiger partial charge in [0.1, 0.15) is 0 Å². The first-order valence-electron chi connectivity index (χ1n) is 7.87. The van der Waals surface area contributed by atoms with Gasteiger partial charge in [0.25, 0.3) is 0 Å². The zero-order valence-corrected chi connectivity index (χ0v) is 13.9. The fraction of sp³-hybridized carbons (Fsp3) is 0.316. The van der Waals surface area contributed by atoms with E-state index in [0.717, 1.165) is 16.8 Å². The molecule has 4 heteroatoms. The summed E-state index contributed by atoms with van der Waals surface area (Å²) in [4.78, 5) is 12.1. The fourth-order valence-electron chi connectivity index (χ4n) is 2.19. The Morgan fingerprint density at radius 1 is 1.04 bits per heavy atom. The molecule has 1 unspecified atom stereocenters. The maximum absolute atomic E-state index is 12.1. The molecule has 4 nitrogen and oxygen atoms in total. The molecule has 0 saturated carbocycles. The van der Waals surface area contributed by atoms with Crippen LogP contribution in [-0.4, -0.2) is 12.1 Å². The van der Waals surface area contributed by atoms with E-state index in [1.165, 1.54) is 0 Å². The van der Waals surface area contributed by atoms with Crippen molar-refractivity contribution in [3.63, 3.8) is 0 Å². The van der Waals surface area contributed by atoms with Gasteiger partial charge in [-0.05, 0) is 44.0 Å². The number of ether oxygens (including phenoxy) is 1. The normalized spacial score (nSPS) is 12.0. The minimum atomic E-state index is -0.219. The Morgan fingerprint density at radius 2 is 1.78 bits per heavy atom. The molecule has 0 heterocycles. The molecule has 0 fully saturated rings. The molecule has 2 N–H and O–H groups in total. The van der Waals surface area contributed by atoms with Crippen molar-refractivity contribution in [2.45, 2.75) is 39.5 Å². The first kappa shape index (κ1) is 17.0. The Labute approximate surface area is 137 Å². The number of hydrogen-bond donors (Lipinski definition) is 2. The lowest BCUT2D eigenvalue weighted by atomic mass is 10.1. The van der Waals surface area contributed by atoms with Crippen LogP contribution >= 0.6 is 0 Å². The number of hydrogen-bond acceptors (Lipinski definition) is 2. The highest BCUT2D eigenvalue weighted by Crippen LogP contribution is 2.14. The second kappa shape index (κ2) is 8.34. The van der Waals surface area contributed by atoms with Crippen LogP contribution in [0.2, 0.25) is 0 Å². The minimum absolute atomic E-state index is 0.0522. The average molecular weight is 312 g/mol. The number of carbonyl (C=O) groups excluding carboxylic acids is 1. The van der Waals surface area contributed by atoms with E-state index in [4.69, 9.17) is 4.74 Å². The Balaban J connectivity index is 1.91. The second-order valence-electron chi connectivity index (χ2n) is 5.79. The third kappa shape index (κ3) is 5.75. The fourth-order valence-corrected chi connectivity index (χ4v) is 2.19. The van der Waals surface area contributed by atoms with E-state index >= 15 is 0 Å². The van der Waals surface area contributed by atoms with Crippen molar-refractivity contribution in [3.05, 3.63) is 65.7 Å². The molecule has 0 saturated heterocycles. The summed E-state index contributed by atoms with van der Waals surface area (Å²) in [6.45, 7) is 6.50. The van der Waals surface area contributed by atoms with E-state index in [2.05, 4.69) is 10.6 Å². The van der Waals surface area contributed by atoms with Crippen LogP contribution in [0.4, 0.5) is 10.5 Å². The standard InChI is InChI=1S/C19H24N2O2/c1-14(2)23-13-16-8-7-11-18(12-16)21-19(22)20-15(3)17-9-5-4-6-10-17/h4-12,14-15H,13H2,1-3H3,(H2,20,21,22). The van der Waals surface area contributed by atoms with Gasteiger partial charge in [-0.25, -0.2) is 4.79 Å². The van der Waals surface area contributed by atoms with Crippen LogP contribution in [0.1, 0.15) is 37.9 Å². The van der Waals surface area contributed by atoms with Crippen molar-refractivity contribution >= 4 is 11.7 Å². The van der Waals surface area contributed by atoms with Crippen LogP contribution in [0.25, 0.3) is 0 Å².